The fourth-order valence-corrected chi connectivity index (χ4v) is 8.46. The van der Waals surface area contributed by atoms with Crippen molar-refractivity contribution in [3.05, 3.63) is 178 Å². The van der Waals surface area contributed by atoms with Gasteiger partial charge >= 0.3 is 24.1 Å². The minimum atomic E-state index is -1.05. The highest BCUT2D eigenvalue weighted by Gasteiger charge is 2.27. The summed E-state index contributed by atoms with van der Waals surface area (Å²) in [5.74, 6) is -6.59. The molecule has 86 heavy (non-hydrogen) atoms. The minimum absolute atomic E-state index is 0.0266. The number of methoxy groups -OCH3 is 2. The molecule has 0 radical (unpaired) electrons. The van der Waals surface area contributed by atoms with E-state index in [1.807, 2.05) is 12.1 Å². The van der Waals surface area contributed by atoms with Crippen LogP contribution >= 0.6 is 0 Å². The van der Waals surface area contributed by atoms with Gasteiger partial charge in [-0.3, -0.25) is 28.8 Å². The number of nitrogens with zero attached hydrogens (tertiary/aromatic N) is 2. The molecule has 0 aromatic heterocycles. The average molecular weight is 1190 g/mol. The molecule has 0 unspecified atom stereocenters. The Morgan fingerprint density at radius 3 is 1.12 bits per heavy atom. The molecule has 24 heteroatoms. The number of hydrogen-bond donors (Lipinski definition) is 6. The first kappa shape index (κ1) is 67.1. The maximum atomic E-state index is 14.4. The van der Waals surface area contributed by atoms with Crippen molar-refractivity contribution in [2.75, 3.05) is 66.6 Å². The van der Waals surface area contributed by atoms with Crippen LogP contribution in [0, 0.1) is 11.6 Å². The molecule has 0 heterocycles. The van der Waals surface area contributed by atoms with Gasteiger partial charge in [-0.25, -0.2) is 28.0 Å². The second-order valence-electron chi connectivity index (χ2n) is 19.6. The van der Waals surface area contributed by atoms with Crippen LogP contribution in [-0.2, 0) is 73.8 Å². The Balaban J connectivity index is 1.23. The van der Waals surface area contributed by atoms with Gasteiger partial charge in [0.05, 0.1) is 14.2 Å². The lowest BCUT2D eigenvalue weighted by Gasteiger charge is -2.24. The molecule has 0 aliphatic carbocycles. The number of unbranched alkanes of at least 4 members (excludes halogenated alkanes) is 2. The molecule has 22 nitrogen and oxygen atoms in total. The van der Waals surface area contributed by atoms with Crippen LogP contribution in [-0.4, -0.2) is 148 Å². The Bertz CT molecular complexity index is 2830. The molecule has 5 aromatic rings. The van der Waals surface area contributed by atoms with Gasteiger partial charge in [0.1, 0.15) is 63.1 Å². The molecule has 0 aliphatic heterocycles. The topological polar surface area (TPSA) is 286 Å². The van der Waals surface area contributed by atoms with Crippen molar-refractivity contribution in [1.29, 1.82) is 0 Å². The number of halogens is 2. The lowest BCUT2D eigenvalue weighted by Crippen LogP contribution is -2.47. The number of carbonyl (C=O) groups excluding carboxylic acids is 10. The molecule has 0 fully saturated rings. The molecule has 2 atom stereocenters. The number of rotatable bonds is 34. The van der Waals surface area contributed by atoms with Crippen molar-refractivity contribution < 1.29 is 75.7 Å². The maximum Gasteiger partial charge on any atom is 0.408 e. The minimum Gasteiger partial charge on any atom is -0.467 e. The van der Waals surface area contributed by atoms with Crippen molar-refractivity contribution in [2.45, 2.75) is 76.7 Å². The number of benzene rings is 5. The second kappa shape index (κ2) is 36.8. The zero-order valence-electron chi connectivity index (χ0n) is 48.0. The Morgan fingerprint density at radius 1 is 0.419 bits per heavy atom. The summed E-state index contributed by atoms with van der Waals surface area (Å²) >= 11 is 0. The van der Waals surface area contributed by atoms with Crippen LogP contribution < -0.4 is 31.9 Å². The summed E-state index contributed by atoms with van der Waals surface area (Å²) in [4.78, 5) is 135. The average Bonchev–Trinajstić information content (AvgIpc) is 2.78. The van der Waals surface area contributed by atoms with Gasteiger partial charge in [-0.05, 0) is 116 Å². The third-order valence-corrected chi connectivity index (χ3v) is 13.0. The van der Waals surface area contributed by atoms with Crippen molar-refractivity contribution in [2.24, 2.45) is 0 Å². The summed E-state index contributed by atoms with van der Waals surface area (Å²) in [6.07, 6.45) is 0.492. The molecule has 5 aromatic carbocycles. The van der Waals surface area contributed by atoms with Crippen LogP contribution in [0.15, 0.2) is 133 Å². The van der Waals surface area contributed by atoms with Crippen molar-refractivity contribution >= 4 is 59.6 Å². The molecular formula is C62H72F2N8O14. The highest BCUT2D eigenvalue weighted by Crippen LogP contribution is 2.14. The van der Waals surface area contributed by atoms with Gasteiger partial charge in [0.25, 0.3) is 11.8 Å². The van der Waals surface area contributed by atoms with Crippen LogP contribution in [0.1, 0.15) is 81.5 Å². The normalized spacial score (nSPS) is 11.3. The second-order valence-corrected chi connectivity index (χ2v) is 19.6. The van der Waals surface area contributed by atoms with Gasteiger partial charge in [-0.2, -0.15) is 0 Å². The highest BCUT2D eigenvalue weighted by atomic mass is 19.1. The number of nitrogens with one attached hydrogen (secondary N) is 6. The Hall–Kier alpha value is -9.74. The first-order valence-corrected chi connectivity index (χ1v) is 27.8. The van der Waals surface area contributed by atoms with E-state index in [0.29, 0.717) is 38.5 Å². The number of hydrogen-bond acceptors (Lipinski definition) is 14. The molecular weight excluding hydrogens is 1120 g/mol. The molecule has 0 saturated heterocycles. The van der Waals surface area contributed by atoms with E-state index in [0.717, 1.165) is 32.1 Å². The molecule has 458 valence electrons. The monoisotopic (exact) mass is 1190 g/mol. The molecule has 0 spiro atoms. The van der Waals surface area contributed by atoms with Gasteiger partial charge in [0, 0.05) is 37.3 Å². The predicted octanol–water partition coefficient (Wildman–Crippen LogP) is 5.08. The molecule has 0 bridgehead atoms. The SMILES string of the molecule is COC(=O)[C@@H](CCCCNC(=O)CN(CC(=O)NCCc1ccc(F)cc1)C(=O)c1cccc(C(=O)N(CC(=O)NCCCC[C@@H](NC(=O)OCc2ccccc2)C(=O)OC)CC(=O)NCCc2ccc(F)cc2)c1)NC(=O)OCc1ccccc1. The van der Waals surface area contributed by atoms with Crippen LogP contribution in [0.2, 0.25) is 0 Å². The van der Waals surface area contributed by atoms with E-state index in [1.165, 1.54) is 62.8 Å². The first-order chi connectivity index (χ1) is 41.5. The molecule has 6 N–H and O–H groups in total. The van der Waals surface area contributed by atoms with E-state index in [1.54, 1.807) is 72.8 Å². The van der Waals surface area contributed by atoms with Crippen LogP contribution in [0.3, 0.4) is 0 Å². The van der Waals surface area contributed by atoms with E-state index in [2.05, 4.69) is 31.9 Å². The van der Waals surface area contributed by atoms with E-state index in [9.17, 15) is 56.7 Å². The molecule has 0 saturated carbocycles. The highest BCUT2D eigenvalue weighted by molar-refractivity contribution is 6.03. The fourth-order valence-electron chi connectivity index (χ4n) is 8.46. The lowest BCUT2D eigenvalue weighted by atomic mass is 10.1. The van der Waals surface area contributed by atoms with Gasteiger partial charge in [0.2, 0.25) is 23.6 Å². The summed E-state index contributed by atoms with van der Waals surface area (Å²) in [5, 5.41) is 15.8. The summed E-state index contributed by atoms with van der Waals surface area (Å²) in [7, 11) is 2.35. The van der Waals surface area contributed by atoms with Crippen molar-refractivity contribution in [3.63, 3.8) is 0 Å². The van der Waals surface area contributed by atoms with Gasteiger partial charge < -0.3 is 60.6 Å². The summed E-state index contributed by atoms with van der Waals surface area (Å²) < 4.78 is 47.3. The van der Waals surface area contributed by atoms with Gasteiger partial charge in [-0.15, -0.1) is 0 Å². The number of ether oxygens (including phenoxy) is 4. The standard InChI is InChI=1S/C62H72F2N8O14/c1-83-59(79)51(69-61(81)85-41-45-14-5-3-6-15-45)20-9-11-32-65-53(73)37-71(39-55(75)67-34-30-43-22-26-49(63)27-23-43)57(77)47-18-13-19-48(36-47)58(78)72(40-56(76)68-35-31-44-24-28-50(64)29-25-44)38-54(74)66-33-12-10-21-52(60(80)84-2)70-62(82)86-42-46-16-7-4-8-17-46/h3-8,13-19,22-29,36,51-52H,9-12,20-21,30-35,37-42H2,1-2H3,(H,65,73)(H,66,74)(H,67,75)(H,68,76)(H,69,81)(H,70,82)/t51-,52-/m1/s1. The summed E-state index contributed by atoms with van der Waals surface area (Å²) in [5.41, 5.74) is 2.66. The van der Waals surface area contributed by atoms with Gasteiger partial charge in [-0.1, -0.05) is 91.0 Å². The number of alkyl carbamates (subject to hydrolysis) is 2. The molecule has 0 aliphatic rings. The third-order valence-electron chi connectivity index (χ3n) is 13.0. The van der Waals surface area contributed by atoms with E-state index >= 15 is 0 Å². The van der Waals surface area contributed by atoms with Gasteiger partial charge in [0.15, 0.2) is 0 Å². The number of amides is 8. The number of carbonyl (C=O) groups is 10. The lowest BCUT2D eigenvalue weighted by molar-refractivity contribution is -0.144. The first-order valence-electron chi connectivity index (χ1n) is 27.8. The van der Waals surface area contributed by atoms with Crippen LogP contribution in [0.4, 0.5) is 18.4 Å². The Morgan fingerprint density at radius 2 is 0.767 bits per heavy atom. The fraction of sp³-hybridized carbons (Fsp3) is 0.355. The molecule has 8 amide bonds. The summed E-state index contributed by atoms with van der Waals surface area (Å²) in [6.45, 7) is -2.24. The molecule has 5 rings (SSSR count). The van der Waals surface area contributed by atoms with E-state index < -0.39 is 109 Å². The van der Waals surface area contributed by atoms with Crippen molar-refractivity contribution in [1.82, 2.24) is 41.7 Å². The zero-order chi connectivity index (χ0) is 62.1. The smallest absolute Gasteiger partial charge is 0.408 e. The Labute approximate surface area is 497 Å². The van der Waals surface area contributed by atoms with E-state index in [4.69, 9.17) is 18.9 Å². The Kier molecular flexibility index (Phi) is 28.7. The quantitative estimate of drug-likeness (QED) is 0.0178. The van der Waals surface area contributed by atoms with Crippen molar-refractivity contribution in [3.8, 4) is 0 Å². The maximum absolute atomic E-state index is 14.4. The largest absolute Gasteiger partial charge is 0.467 e. The third kappa shape index (κ3) is 25.0. The van der Waals surface area contributed by atoms with E-state index in [-0.39, 0.29) is 63.4 Å². The number of esters is 2. The van der Waals surface area contributed by atoms with Crippen LogP contribution in [0.5, 0.6) is 0 Å². The van der Waals surface area contributed by atoms with Crippen LogP contribution in [0.25, 0.3) is 0 Å². The zero-order valence-corrected chi connectivity index (χ0v) is 48.0. The predicted molar refractivity (Wildman–Crippen MR) is 309 cm³/mol. The summed E-state index contributed by atoms with van der Waals surface area (Å²) in [6, 6.07) is 32.4.